The number of ether oxygens (including phenoxy) is 2. The van der Waals surface area contributed by atoms with Gasteiger partial charge in [-0.3, -0.25) is 4.79 Å². The molecule has 2 saturated heterocycles. The molecule has 1 amide bonds. The quantitative estimate of drug-likeness (QED) is 0.849. The molecule has 0 bridgehead atoms. The summed E-state index contributed by atoms with van der Waals surface area (Å²) in [5, 5.41) is 7.18. The van der Waals surface area contributed by atoms with Crippen molar-refractivity contribution in [3.63, 3.8) is 0 Å². The molecule has 0 saturated carbocycles. The monoisotopic (exact) mass is 352 g/mol. The molecule has 1 unspecified atom stereocenters. The molecule has 0 radical (unpaired) electrons. The summed E-state index contributed by atoms with van der Waals surface area (Å²) in [4.78, 5) is 12.3. The summed E-state index contributed by atoms with van der Waals surface area (Å²) in [7, 11) is 0. The Balaban J connectivity index is 1.61. The van der Waals surface area contributed by atoms with Gasteiger partial charge in [-0.1, -0.05) is 23.7 Å². The van der Waals surface area contributed by atoms with E-state index in [1.165, 1.54) is 5.56 Å². The highest BCUT2D eigenvalue weighted by Gasteiger charge is 2.35. The van der Waals surface area contributed by atoms with Crippen molar-refractivity contribution >= 4 is 17.5 Å². The minimum atomic E-state index is -0.0744. The van der Waals surface area contributed by atoms with Crippen LogP contribution in [-0.2, 0) is 19.7 Å². The van der Waals surface area contributed by atoms with Crippen LogP contribution in [0.15, 0.2) is 24.3 Å². The highest BCUT2D eigenvalue weighted by molar-refractivity contribution is 6.30. The molecule has 0 spiro atoms. The van der Waals surface area contributed by atoms with Crippen molar-refractivity contribution < 1.29 is 14.3 Å². The van der Waals surface area contributed by atoms with Gasteiger partial charge in [-0.2, -0.15) is 0 Å². The zero-order chi connectivity index (χ0) is 16.8. The second-order valence-corrected chi connectivity index (χ2v) is 7.04. The normalized spacial score (nSPS) is 23.6. The van der Waals surface area contributed by atoms with E-state index in [0.717, 1.165) is 44.2 Å². The van der Waals surface area contributed by atoms with Gasteiger partial charge in [0.05, 0.1) is 13.2 Å². The van der Waals surface area contributed by atoms with Gasteiger partial charge in [-0.15, -0.1) is 0 Å². The number of hydrogen-bond acceptors (Lipinski definition) is 4. The van der Waals surface area contributed by atoms with Crippen molar-refractivity contribution in [3.05, 3.63) is 34.9 Å². The van der Waals surface area contributed by atoms with Crippen molar-refractivity contribution in [3.8, 4) is 0 Å². The summed E-state index contributed by atoms with van der Waals surface area (Å²) in [6.45, 7) is 4.20. The fourth-order valence-corrected chi connectivity index (χ4v) is 3.57. The second-order valence-electron chi connectivity index (χ2n) is 6.61. The number of benzene rings is 1. The number of carbonyl (C=O) groups is 1. The summed E-state index contributed by atoms with van der Waals surface area (Å²) in [5.41, 5.74) is 1.14. The van der Waals surface area contributed by atoms with Crippen molar-refractivity contribution in [1.29, 1.82) is 0 Å². The van der Waals surface area contributed by atoms with E-state index in [9.17, 15) is 4.79 Å². The predicted octanol–water partition coefficient (Wildman–Crippen LogP) is 1.88. The molecule has 2 N–H and O–H groups in total. The lowest BCUT2D eigenvalue weighted by Gasteiger charge is -2.38. The first-order valence-electron chi connectivity index (χ1n) is 8.60. The van der Waals surface area contributed by atoms with E-state index in [1.54, 1.807) is 0 Å². The molecular formula is C18H25ClN2O3. The number of amides is 1. The van der Waals surface area contributed by atoms with Gasteiger partial charge in [0.15, 0.2) is 0 Å². The standard InChI is InChI=1S/C18H25ClN2O3/c19-15-3-1-14(2-4-15)18(5-8-23-9-6-18)13-21-17(22)11-16-12-24-10-7-20-16/h1-4,16,20H,5-13H2,(H,21,22). The van der Waals surface area contributed by atoms with Gasteiger partial charge in [0.2, 0.25) is 5.91 Å². The third-order valence-electron chi connectivity index (χ3n) is 4.96. The van der Waals surface area contributed by atoms with E-state index in [2.05, 4.69) is 22.8 Å². The van der Waals surface area contributed by atoms with E-state index >= 15 is 0 Å². The predicted molar refractivity (Wildman–Crippen MR) is 93.4 cm³/mol. The van der Waals surface area contributed by atoms with Crippen LogP contribution in [0.2, 0.25) is 5.02 Å². The molecule has 2 heterocycles. The Labute approximate surface area is 148 Å². The van der Waals surface area contributed by atoms with Crippen molar-refractivity contribution in [2.24, 2.45) is 0 Å². The number of carbonyl (C=O) groups excluding carboxylic acids is 1. The Bertz CT molecular complexity index is 538. The SMILES string of the molecule is O=C(CC1COCCN1)NCC1(c2ccc(Cl)cc2)CCOCC1. The molecule has 1 atom stereocenters. The number of hydrogen-bond donors (Lipinski definition) is 2. The Morgan fingerprint density at radius 3 is 2.62 bits per heavy atom. The van der Waals surface area contributed by atoms with Gasteiger partial charge < -0.3 is 20.1 Å². The molecule has 2 fully saturated rings. The van der Waals surface area contributed by atoms with Crippen LogP contribution in [0.25, 0.3) is 0 Å². The molecule has 0 aliphatic carbocycles. The number of morpholine rings is 1. The van der Waals surface area contributed by atoms with Crippen LogP contribution in [0.3, 0.4) is 0 Å². The Hall–Kier alpha value is -1.14. The van der Waals surface area contributed by atoms with Crippen molar-refractivity contribution in [2.75, 3.05) is 39.5 Å². The van der Waals surface area contributed by atoms with Crippen molar-refractivity contribution in [2.45, 2.75) is 30.7 Å². The Morgan fingerprint density at radius 1 is 1.21 bits per heavy atom. The molecule has 1 aromatic rings. The molecule has 5 nitrogen and oxygen atoms in total. The van der Waals surface area contributed by atoms with Gasteiger partial charge in [-0.05, 0) is 30.5 Å². The maximum Gasteiger partial charge on any atom is 0.221 e. The topological polar surface area (TPSA) is 59.6 Å². The second kappa shape index (κ2) is 8.30. The van der Waals surface area contributed by atoms with E-state index < -0.39 is 0 Å². The summed E-state index contributed by atoms with van der Waals surface area (Å²) >= 11 is 6.02. The van der Waals surface area contributed by atoms with Crippen LogP contribution >= 0.6 is 11.6 Å². The largest absolute Gasteiger partial charge is 0.381 e. The summed E-state index contributed by atoms with van der Waals surface area (Å²) in [5.74, 6) is 0.0674. The fourth-order valence-electron chi connectivity index (χ4n) is 3.45. The zero-order valence-corrected chi connectivity index (χ0v) is 14.6. The first-order chi connectivity index (χ1) is 11.7. The molecule has 0 aromatic heterocycles. The van der Waals surface area contributed by atoms with Crippen LogP contribution in [0.5, 0.6) is 0 Å². The molecule has 24 heavy (non-hydrogen) atoms. The lowest BCUT2D eigenvalue weighted by molar-refractivity contribution is -0.122. The molecule has 2 aliphatic rings. The molecule has 6 heteroatoms. The highest BCUT2D eigenvalue weighted by Crippen LogP contribution is 2.34. The third-order valence-corrected chi connectivity index (χ3v) is 5.21. The summed E-state index contributed by atoms with van der Waals surface area (Å²) in [6.07, 6.45) is 2.26. The van der Waals surface area contributed by atoms with Gasteiger partial charge in [0.1, 0.15) is 0 Å². The minimum Gasteiger partial charge on any atom is -0.381 e. The van der Waals surface area contributed by atoms with E-state index in [1.807, 2.05) is 12.1 Å². The van der Waals surface area contributed by atoms with E-state index in [0.29, 0.717) is 19.6 Å². The number of rotatable bonds is 5. The Kier molecular flexibility index (Phi) is 6.11. The van der Waals surface area contributed by atoms with Gasteiger partial charge in [0.25, 0.3) is 0 Å². The van der Waals surface area contributed by atoms with Crippen molar-refractivity contribution in [1.82, 2.24) is 10.6 Å². The fraction of sp³-hybridized carbons (Fsp3) is 0.611. The number of halogens is 1. The van der Waals surface area contributed by atoms with E-state index in [-0.39, 0.29) is 17.4 Å². The molecule has 3 rings (SSSR count). The van der Waals surface area contributed by atoms with Gasteiger partial charge in [0, 0.05) is 49.2 Å². The smallest absolute Gasteiger partial charge is 0.221 e. The maximum absolute atomic E-state index is 12.3. The third kappa shape index (κ3) is 4.48. The lowest BCUT2D eigenvalue weighted by atomic mass is 9.74. The zero-order valence-electron chi connectivity index (χ0n) is 13.9. The average Bonchev–Trinajstić information content (AvgIpc) is 2.62. The highest BCUT2D eigenvalue weighted by atomic mass is 35.5. The first-order valence-corrected chi connectivity index (χ1v) is 8.97. The molecule has 132 valence electrons. The van der Waals surface area contributed by atoms with Crippen LogP contribution < -0.4 is 10.6 Å². The van der Waals surface area contributed by atoms with Crippen LogP contribution in [0.1, 0.15) is 24.8 Å². The summed E-state index contributed by atoms with van der Waals surface area (Å²) < 4.78 is 10.9. The maximum atomic E-state index is 12.3. The molecule has 1 aromatic carbocycles. The van der Waals surface area contributed by atoms with E-state index in [4.69, 9.17) is 21.1 Å². The lowest BCUT2D eigenvalue weighted by Crippen LogP contribution is -2.48. The van der Waals surface area contributed by atoms with Crippen LogP contribution in [-0.4, -0.2) is 51.5 Å². The minimum absolute atomic E-state index is 0.0674. The Morgan fingerprint density at radius 2 is 1.96 bits per heavy atom. The first kappa shape index (κ1) is 17.7. The van der Waals surface area contributed by atoms with Gasteiger partial charge in [-0.25, -0.2) is 0 Å². The average molecular weight is 353 g/mol. The van der Waals surface area contributed by atoms with Gasteiger partial charge >= 0.3 is 0 Å². The van der Waals surface area contributed by atoms with Crippen LogP contribution in [0.4, 0.5) is 0 Å². The molecular weight excluding hydrogens is 328 g/mol. The summed E-state index contributed by atoms with van der Waals surface area (Å²) in [6, 6.07) is 8.07. The molecule has 2 aliphatic heterocycles. The number of nitrogens with one attached hydrogen (secondary N) is 2. The van der Waals surface area contributed by atoms with Crippen LogP contribution in [0, 0.1) is 0 Å².